The van der Waals surface area contributed by atoms with E-state index in [1.54, 1.807) is 0 Å². The molecule has 0 saturated heterocycles. The molecule has 0 radical (unpaired) electrons. The monoisotopic (exact) mass is 214 g/mol. The van der Waals surface area contributed by atoms with E-state index in [1.807, 2.05) is 0 Å². The molecule has 0 spiro atoms. The largest absolute Gasteiger partial charge is 0.317 e. The molecule has 2 N–H and O–H groups in total. The van der Waals surface area contributed by atoms with Gasteiger partial charge >= 0.3 is 0 Å². The van der Waals surface area contributed by atoms with Crippen LogP contribution in [0.25, 0.3) is 0 Å². The van der Waals surface area contributed by atoms with Crippen LogP contribution >= 0.6 is 0 Å². The summed E-state index contributed by atoms with van der Waals surface area (Å²) in [4.78, 5) is 0. The van der Waals surface area contributed by atoms with Gasteiger partial charge in [0.1, 0.15) is 0 Å². The highest BCUT2D eigenvalue weighted by Crippen LogP contribution is 2.22. The first-order valence-corrected chi connectivity index (χ1v) is 6.46. The Bertz CT molecular complexity index is 145. The minimum absolute atomic E-state index is 0.624. The van der Waals surface area contributed by atoms with Crippen molar-refractivity contribution in [2.45, 2.75) is 59.0 Å². The molecule has 3 unspecified atom stereocenters. The van der Waals surface area contributed by atoms with Crippen molar-refractivity contribution in [2.24, 2.45) is 11.8 Å². The summed E-state index contributed by atoms with van der Waals surface area (Å²) in [6.07, 6.45) is 3.78. The third-order valence-corrected chi connectivity index (χ3v) is 3.47. The average Bonchev–Trinajstić information content (AvgIpc) is 2.22. The molecule has 2 nitrogen and oxygen atoms in total. The van der Waals surface area contributed by atoms with Crippen molar-refractivity contribution in [1.29, 1.82) is 0 Å². The number of rotatable bonds is 8. The fourth-order valence-corrected chi connectivity index (χ4v) is 2.71. The molecule has 0 heterocycles. The Morgan fingerprint density at radius 3 is 1.87 bits per heavy atom. The van der Waals surface area contributed by atoms with Gasteiger partial charge in [0.2, 0.25) is 0 Å². The standard InChI is InChI=1S/C13H30N2/c1-7-9-12(14-5)11(8-2)13(15-6)10(3)4/h10-15H,7-9H2,1-6H3. The minimum atomic E-state index is 0.624. The number of hydrogen-bond donors (Lipinski definition) is 2. The summed E-state index contributed by atoms with van der Waals surface area (Å²) >= 11 is 0. The molecule has 0 saturated carbocycles. The first-order valence-electron chi connectivity index (χ1n) is 6.46. The van der Waals surface area contributed by atoms with Gasteiger partial charge in [-0.25, -0.2) is 0 Å². The summed E-state index contributed by atoms with van der Waals surface area (Å²) in [6, 6.07) is 1.28. The van der Waals surface area contributed by atoms with Crippen LogP contribution in [0.15, 0.2) is 0 Å². The van der Waals surface area contributed by atoms with Gasteiger partial charge < -0.3 is 10.6 Å². The van der Waals surface area contributed by atoms with E-state index in [9.17, 15) is 0 Å². The molecule has 15 heavy (non-hydrogen) atoms. The van der Waals surface area contributed by atoms with Gasteiger partial charge in [0.25, 0.3) is 0 Å². The van der Waals surface area contributed by atoms with Crippen LogP contribution < -0.4 is 10.6 Å². The second-order valence-electron chi connectivity index (χ2n) is 4.81. The van der Waals surface area contributed by atoms with Crippen LogP contribution in [0, 0.1) is 11.8 Å². The molecule has 0 bridgehead atoms. The molecule has 92 valence electrons. The van der Waals surface area contributed by atoms with Crippen LogP contribution in [0.1, 0.15) is 47.0 Å². The molecule has 0 aromatic carbocycles. The van der Waals surface area contributed by atoms with Gasteiger partial charge in [-0.3, -0.25) is 0 Å². The second-order valence-corrected chi connectivity index (χ2v) is 4.81. The van der Waals surface area contributed by atoms with E-state index in [0.717, 1.165) is 5.92 Å². The molecule has 0 amide bonds. The molecule has 0 aliphatic heterocycles. The number of hydrogen-bond acceptors (Lipinski definition) is 2. The SMILES string of the molecule is CCCC(NC)C(CC)C(NC)C(C)C. The predicted molar refractivity (Wildman–Crippen MR) is 69.2 cm³/mol. The smallest absolute Gasteiger partial charge is 0.0130 e. The van der Waals surface area contributed by atoms with Crippen LogP contribution in [0.5, 0.6) is 0 Å². The highest BCUT2D eigenvalue weighted by Gasteiger charge is 2.27. The maximum Gasteiger partial charge on any atom is 0.0130 e. The van der Waals surface area contributed by atoms with Gasteiger partial charge in [-0.2, -0.15) is 0 Å². The zero-order chi connectivity index (χ0) is 11.8. The average molecular weight is 214 g/mol. The van der Waals surface area contributed by atoms with Crippen LogP contribution in [0.4, 0.5) is 0 Å². The summed E-state index contributed by atoms with van der Waals surface area (Å²) in [5, 5.41) is 6.97. The third-order valence-electron chi connectivity index (χ3n) is 3.47. The van der Waals surface area contributed by atoms with E-state index < -0.39 is 0 Å². The highest BCUT2D eigenvalue weighted by molar-refractivity contribution is 4.85. The lowest BCUT2D eigenvalue weighted by Gasteiger charge is -2.35. The maximum absolute atomic E-state index is 3.49. The summed E-state index contributed by atoms with van der Waals surface area (Å²) in [6.45, 7) is 9.18. The van der Waals surface area contributed by atoms with E-state index in [1.165, 1.54) is 19.3 Å². The van der Waals surface area contributed by atoms with E-state index in [-0.39, 0.29) is 0 Å². The van der Waals surface area contributed by atoms with Crippen LogP contribution in [-0.4, -0.2) is 26.2 Å². The van der Waals surface area contributed by atoms with Crippen molar-refractivity contribution in [3.05, 3.63) is 0 Å². The van der Waals surface area contributed by atoms with E-state index in [2.05, 4.69) is 52.4 Å². The fourth-order valence-electron chi connectivity index (χ4n) is 2.71. The molecule has 0 aliphatic rings. The molecule has 3 atom stereocenters. The summed E-state index contributed by atoms with van der Waals surface area (Å²) in [5.74, 6) is 1.44. The normalized spacial score (nSPS) is 17.8. The topological polar surface area (TPSA) is 24.1 Å². The minimum Gasteiger partial charge on any atom is -0.317 e. The van der Waals surface area contributed by atoms with Crippen molar-refractivity contribution in [2.75, 3.05) is 14.1 Å². The van der Waals surface area contributed by atoms with Gasteiger partial charge in [-0.1, -0.05) is 40.5 Å². The van der Waals surface area contributed by atoms with Crippen molar-refractivity contribution < 1.29 is 0 Å². The quantitative estimate of drug-likeness (QED) is 0.649. The van der Waals surface area contributed by atoms with Crippen molar-refractivity contribution in [1.82, 2.24) is 10.6 Å². The van der Waals surface area contributed by atoms with Crippen molar-refractivity contribution in [3.8, 4) is 0 Å². The Kier molecular flexibility index (Phi) is 8.07. The van der Waals surface area contributed by atoms with Gasteiger partial charge in [0.15, 0.2) is 0 Å². The zero-order valence-corrected chi connectivity index (χ0v) is 11.4. The molecule has 0 aromatic rings. The first-order chi connectivity index (χ1) is 7.12. The molecule has 2 heteroatoms. The molecular formula is C13H30N2. The lowest BCUT2D eigenvalue weighted by molar-refractivity contribution is 0.223. The highest BCUT2D eigenvalue weighted by atomic mass is 14.9. The Morgan fingerprint density at radius 1 is 1.00 bits per heavy atom. The van der Waals surface area contributed by atoms with Gasteiger partial charge in [-0.05, 0) is 32.4 Å². The molecule has 0 rings (SSSR count). The lowest BCUT2D eigenvalue weighted by Crippen LogP contribution is -2.47. The van der Waals surface area contributed by atoms with E-state index in [4.69, 9.17) is 0 Å². The van der Waals surface area contributed by atoms with Crippen LogP contribution in [-0.2, 0) is 0 Å². The Hall–Kier alpha value is -0.0800. The molecule has 0 aliphatic carbocycles. The first kappa shape index (κ1) is 14.9. The van der Waals surface area contributed by atoms with Crippen LogP contribution in [0.2, 0.25) is 0 Å². The fraction of sp³-hybridized carbons (Fsp3) is 1.00. The molecular weight excluding hydrogens is 184 g/mol. The van der Waals surface area contributed by atoms with E-state index >= 15 is 0 Å². The lowest BCUT2D eigenvalue weighted by atomic mass is 9.81. The number of nitrogens with one attached hydrogen (secondary N) is 2. The van der Waals surface area contributed by atoms with Gasteiger partial charge in [0.05, 0.1) is 0 Å². The Balaban J connectivity index is 4.52. The molecule has 0 aromatic heterocycles. The van der Waals surface area contributed by atoms with Gasteiger partial charge in [-0.15, -0.1) is 0 Å². The van der Waals surface area contributed by atoms with Crippen molar-refractivity contribution >= 4 is 0 Å². The third kappa shape index (κ3) is 4.52. The zero-order valence-electron chi connectivity index (χ0n) is 11.4. The summed E-state index contributed by atoms with van der Waals surface area (Å²) < 4.78 is 0. The maximum atomic E-state index is 3.49. The second kappa shape index (κ2) is 8.12. The Morgan fingerprint density at radius 2 is 1.60 bits per heavy atom. The van der Waals surface area contributed by atoms with E-state index in [0.29, 0.717) is 18.0 Å². The van der Waals surface area contributed by atoms with Crippen LogP contribution in [0.3, 0.4) is 0 Å². The van der Waals surface area contributed by atoms with Crippen molar-refractivity contribution in [3.63, 3.8) is 0 Å². The summed E-state index contributed by atoms with van der Waals surface area (Å²) in [7, 11) is 4.18. The summed E-state index contributed by atoms with van der Waals surface area (Å²) in [5.41, 5.74) is 0. The van der Waals surface area contributed by atoms with Gasteiger partial charge in [0, 0.05) is 12.1 Å². The Labute approximate surface area is 96.2 Å². The molecule has 0 fully saturated rings. The predicted octanol–water partition coefficient (Wildman–Crippen LogP) is 2.64.